The first-order chi connectivity index (χ1) is 41.6. The van der Waals surface area contributed by atoms with Crippen molar-refractivity contribution in [3.8, 4) is 145 Å². The standard InChI is InChI=1S/C81H52N3.Ir/c1-3-18-56(19-4-1)58-31-33-59(34-32-58)64-22-17-23-66(50-64)77-55-67(81-30-13-16-49-84-81)44-46-76(77)78-54-65(57-20-5-2-6-21-57)43-45-75(78)70-52-68(73-26-9-7-24-71(73)60-35-39-62(40-36-60)79-28-11-14-47-82-79)51-69(53-70)74-27-10-8-25-72(74)61-37-41-63(42-38-61)80-29-12-15-48-83-80;/h1-39,41,43,45-55H;/q-3;+3. The van der Waals surface area contributed by atoms with Gasteiger partial charge < -0.3 is 15.0 Å². The molecule has 0 saturated heterocycles. The van der Waals surface area contributed by atoms with E-state index in [4.69, 9.17) is 4.98 Å². The van der Waals surface area contributed by atoms with Crippen LogP contribution in [-0.2, 0) is 20.1 Å². The summed E-state index contributed by atoms with van der Waals surface area (Å²) < 4.78 is 0. The van der Waals surface area contributed by atoms with Crippen LogP contribution in [0.15, 0.2) is 316 Å². The minimum absolute atomic E-state index is 0. The van der Waals surface area contributed by atoms with Crippen molar-refractivity contribution < 1.29 is 20.1 Å². The fourth-order valence-electron chi connectivity index (χ4n) is 11.4. The van der Waals surface area contributed by atoms with Gasteiger partial charge in [-0.3, -0.25) is 0 Å². The zero-order valence-corrected chi connectivity index (χ0v) is 48.6. The Morgan fingerprint density at radius 1 is 0.188 bits per heavy atom. The van der Waals surface area contributed by atoms with Gasteiger partial charge in [0.1, 0.15) is 0 Å². The molecule has 0 N–H and O–H groups in total. The van der Waals surface area contributed by atoms with Crippen LogP contribution in [0.4, 0.5) is 0 Å². The van der Waals surface area contributed by atoms with Crippen molar-refractivity contribution in [3.63, 3.8) is 0 Å². The van der Waals surface area contributed by atoms with Gasteiger partial charge in [-0.25, -0.2) is 0 Å². The zero-order chi connectivity index (χ0) is 56.0. The third-order valence-electron chi connectivity index (χ3n) is 15.7. The molecule has 0 unspecified atom stereocenters. The Bertz CT molecular complexity index is 4440. The topological polar surface area (TPSA) is 38.7 Å². The van der Waals surface area contributed by atoms with Crippen LogP contribution in [0.3, 0.4) is 0 Å². The maximum Gasteiger partial charge on any atom is 3.00 e. The average molecular weight is 1260 g/mol. The summed E-state index contributed by atoms with van der Waals surface area (Å²) >= 11 is 0. The van der Waals surface area contributed by atoms with Crippen molar-refractivity contribution in [3.05, 3.63) is 334 Å². The molecule has 0 aliphatic heterocycles. The quantitative estimate of drug-likeness (QED) is 0.108. The second kappa shape index (κ2) is 24.5. The third-order valence-corrected chi connectivity index (χ3v) is 15.7. The molecule has 4 heteroatoms. The molecule has 0 amide bonds. The minimum atomic E-state index is 0. The number of nitrogens with zero attached hydrogens (tertiary/aromatic N) is 3. The predicted octanol–water partition coefficient (Wildman–Crippen LogP) is 20.9. The van der Waals surface area contributed by atoms with Gasteiger partial charge in [-0.15, -0.1) is 83.4 Å². The molecule has 3 nitrogen and oxygen atoms in total. The summed E-state index contributed by atoms with van der Waals surface area (Å²) in [6.45, 7) is 0. The van der Waals surface area contributed by atoms with Crippen LogP contribution >= 0.6 is 0 Å². The second-order valence-corrected chi connectivity index (χ2v) is 20.8. The molecule has 3 aromatic heterocycles. The molecular weight excluding hydrogens is 1210 g/mol. The molecule has 0 aliphatic rings. The molecule has 11 aromatic carbocycles. The van der Waals surface area contributed by atoms with Crippen LogP contribution in [0.1, 0.15) is 0 Å². The molecule has 0 atom stereocenters. The summed E-state index contributed by atoms with van der Waals surface area (Å²) in [6, 6.07) is 117. The molecule has 0 aliphatic carbocycles. The Kier molecular flexibility index (Phi) is 15.5. The summed E-state index contributed by atoms with van der Waals surface area (Å²) in [4.78, 5) is 14.1. The normalized spacial score (nSPS) is 11.0. The molecule has 0 saturated carbocycles. The minimum Gasteiger partial charge on any atom is -0.305 e. The molecule has 14 rings (SSSR count). The van der Waals surface area contributed by atoms with E-state index >= 15 is 0 Å². The molecular formula is C81H52IrN3. The van der Waals surface area contributed by atoms with E-state index in [0.717, 1.165) is 134 Å². The first kappa shape index (κ1) is 53.8. The van der Waals surface area contributed by atoms with E-state index in [1.165, 1.54) is 11.1 Å². The molecule has 0 bridgehead atoms. The maximum absolute atomic E-state index is 4.83. The number of hydrogen-bond acceptors (Lipinski definition) is 3. The largest absolute Gasteiger partial charge is 3.00 e. The van der Waals surface area contributed by atoms with Crippen molar-refractivity contribution in [2.24, 2.45) is 0 Å². The Morgan fingerprint density at radius 2 is 0.541 bits per heavy atom. The fourth-order valence-corrected chi connectivity index (χ4v) is 11.4. The van der Waals surface area contributed by atoms with E-state index in [-0.39, 0.29) is 20.1 Å². The van der Waals surface area contributed by atoms with Crippen LogP contribution in [0, 0.1) is 18.2 Å². The van der Waals surface area contributed by atoms with Gasteiger partial charge in [0.25, 0.3) is 0 Å². The molecule has 3 heterocycles. The third kappa shape index (κ3) is 11.4. The van der Waals surface area contributed by atoms with Gasteiger partial charge in [-0.1, -0.05) is 245 Å². The second-order valence-electron chi connectivity index (χ2n) is 20.8. The average Bonchev–Trinajstić information content (AvgIpc) is 3.10. The van der Waals surface area contributed by atoms with E-state index in [2.05, 4.69) is 277 Å². The van der Waals surface area contributed by atoms with Gasteiger partial charge in [-0.2, -0.15) is 0 Å². The molecule has 0 fully saturated rings. The van der Waals surface area contributed by atoms with Gasteiger partial charge in [0.2, 0.25) is 0 Å². The first-order valence-corrected chi connectivity index (χ1v) is 28.3. The summed E-state index contributed by atoms with van der Waals surface area (Å²) in [5.74, 6) is 0. The van der Waals surface area contributed by atoms with Gasteiger partial charge in [0.15, 0.2) is 0 Å². The van der Waals surface area contributed by atoms with Crippen molar-refractivity contribution in [2.45, 2.75) is 0 Å². The Labute approximate surface area is 510 Å². The van der Waals surface area contributed by atoms with Crippen molar-refractivity contribution >= 4 is 0 Å². The van der Waals surface area contributed by atoms with Crippen molar-refractivity contribution in [1.82, 2.24) is 15.0 Å². The van der Waals surface area contributed by atoms with Gasteiger partial charge >= 0.3 is 20.1 Å². The van der Waals surface area contributed by atoms with Crippen LogP contribution in [0.5, 0.6) is 0 Å². The fraction of sp³-hybridized carbons (Fsp3) is 0. The number of benzene rings is 11. The monoisotopic (exact) mass is 1260 g/mol. The SMILES string of the molecule is [Ir+3].[c-]1cc(-c2ccccc2-c2cc(-c3ccccc3-c3c[c-]c(-c4ccccn4)cc3)cc(-c3ccc(-c4ccccc4)cc3-c3c[c-]c(-c4ccccn4)cc3-c3cccc(-c4ccc(-c5ccccc5)cc4)c3)c2)ccc1-c1ccccn1. The zero-order valence-electron chi connectivity index (χ0n) is 46.2. The van der Waals surface area contributed by atoms with E-state index < -0.39 is 0 Å². The van der Waals surface area contributed by atoms with Crippen LogP contribution in [0.2, 0.25) is 0 Å². The Balaban J connectivity index is 0.00000672. The number of aromatic nitrogens is 3. The molecule has 14 aromatic rings. The van der Waals surface area contributed by atoms with E-state index in [9.17, 15) is 0 Å². The smallest absolute Gasteiger partial charge is 0.305 e. The Hall–Kier alpha value is -10.5. The van der Waals surface area contributed by atoms with Gasteiger partial charge in [0, 0.05) is 18.6 Å². The molecule has 85 heavy (non-hydrogen) atoms. The first-order valence-electron chi connectivity index (χ1n) is 28.3. The van der Waals surface area contributed by atoms with E-state index in [0.29, 0.717) is 0 Å². The van der Waals surface area contributed by atoms with E-state index in [1.807, 2.05) is 67.1 Å². The molecule has 0 spiro atoms. The summed E-state index contributed by atoms with van der Waals surface area (Å²) in [5.41, 5.74) is 27.5. The van der Waals surface area contributed by atoms with Crippen molar-refractivity contribution in [1.29, 1.82) is 0 Å². The van der Waals surface area contributed by atoms with E-state index in [1.54, 1.807) is 0 Å². The van der Waals surface area contributed by atoms with Crippen LogP contribution < -0.4 is 0 Å². The van der Waals surface area contributed by atoms with Crippen LogP contribution in [-0.4, -0.2) is 15.0 Å². The number of hydrogen-bond donors (Lipinski definition) is 0. The molecule has 400 valence electrons. The van der Waals surface area contributed by atoms with Crippen molar-refractivity contribution in [2.75, 3.05) is 0 Å². The summed E-state index contributed by atoms with van der Waals surface area (Å²) in [7, 11) is 0. The summed E-state index contributed by atoms with van der Waals surface area (Å²) in [6.07, 6.45) is 5.50. The van der Waals surface area contributed by atoms with Gasteiger partial charge in [-0.05, 0) is 132 Å². The summed E-state index contributed by atoms with van der Waals surface area (Å²) in [5, 5.41) is 0. The van der Waals surface area contributed by atoms with Crippen LogP contribution in [0.25, 0.3) is 145 Å². The molecule has 0 radical (unpaired) electrons. The number of rotatable bonds is 13. The Morgan fingerprint density at radius 3 is 1.02 bits per heavy atom. The maximum atomic E-state index is 4.83. The predicted molar refractivity (Wildman–Crippen MR) is 347 cm³/mol. The number of pyridine rings is 3. The van der Waals surface area contributed by atoms with Gasteiger partial charge in [0.05, 0.1) is 0 Å².